The minimum absolute atomic E-state index is 0.223. The number of hydrogen-bond acceptors (Lipinski definition) is 2. The Morgan fingerprint density at radius 3 is 2.07 bits per heavy atom. The van der Waals surface area contributed by atoms with E-state index in [1.807, 2.05) is 61.9 Å². The molecule has 0 aliphatic carbocycles. The number of hydrogen-bond donors (Lipinski definition) is 1. The summed E-state index contributed by atoms with van der Waals surface area (Å²) in [6.07, 6.45) is 0. The van der Waals surface area contributed by atoms with Crippen LogP contribution >= 0.6 is 11.6 Å². The molecule has 1 heterocycles. The smallest absolute Gasteiger partial charge is 0.263 e. The largest absolute Gasteiger partial charge is 0.329 e. The molecule has 4 aromatic rings. The van der Waals surface area contributed by atoms with Crippen LogP contribution in [0.15, 0.2) is 71.6 Å². The minimum Gasteiger partial charge on any atom is -0.329 e. The summed E-state index contributed by atoms with van der Waals surface area (Å²) >= 11 is 6.26. The van der Waals surface area contributed by atoms with E-state index >= 15 is 0 Å². The molecule has 1 N–H and O–H groups in total. The highest BCUT2D eigenvalue weighted by atomic mass is 35.5. The number of anilines is 1. The molecule has 6 heteroatoms. The third-order valence-corrected chi connectivity index (χ3v) is 6.65. The Bertz CT molecular complexity index is 1310. The van der Waals surface area contributed by atoms with E-state index in [0.29, 0.717) is 10.8 Å². The normalized spacial score (nSPS) is 11.7. The van der Waals surface area contributed by atoms with Gasteiger partial charge in [0, 0.05) is 23.0 Å². The van der Waals surface area contributed by atoms with Crippen molar-refractivity contribution < 1.29 is 8.42 Å². The lowest BCUT2D eigenvalue weighted by Crippen LogP contribution is -2.15. The molecule has 0 spiro atoms. The van der Waals surface area contributed by atoms with Crippen molar-refractivity contribution in [2.24, 2.45) is 7.05 Å². The van der Waals surface area contributed by atoms with Crippen molar-refractivity contribution in [3.05, 3.63) is 82.9 Å². The Balaban J connectivity index is 1.94. The maximum atomic E-state index is 13.1. The molecule has 0 radical (unpaired) electrons. The van der Waals surface area contributed by atoms with Crippen LogP contribution in [0.4, 0.5) is 5.82 Å². The van der Waals surface area contributed by atoms with Crippen molar-refractivity contribution >= 4 is 38.3 Å². The van der Waals surface area contributed by atoms with Crippen molar-refractivity contribution in [3.63, 3.8) is 0 Å². The van der Waals surface area contributed by atoms with E-state index in [9.17, 15) is 8.42 Å². The van der Waals surface area contributed by atoms with Crippen LogP contribution in [0.5, 0.6) is 0 Å². The second-order valence-corrected chi connectivity index (χ2v) is 9.35. The summed E-state index contributed by atoms with van der Waals surface area (Å²) in [5.41, 5.74) is 4.76. The van der Waals surface area contributed by atoms with Crippen LogP contribution in [-0.2, 0) is 17.1 Å². The summed E-state index contributed by atoms with van der Waals surface area (Å²) in [7, 11) is -1.90. The number of nitrogens with zero attached hydrogens (tertiary/aromatic N) is 1. The van der Waals surface area contributed by atoms with E-state index in [-0.39, 0.29) is 4.90 Å². The first-order valence-electron chi connectivity index (χ1n) is 9.21. The lowest BCUT2D eigenvalue weighted by Gasteiger charge is -2.12. The first kappa shape index (κ1) is 19.6. The second-order valence-electron chi connectivity index (χ2n) is 7.23. The lowest BCUT2D eigenvalue weighted by molar-refractivity contribution is 0.600. The molecular formula is C23H21ClN2O2S. The first-order chi connectivity index (χ1) is 13.8. The summed E-state index contributed by atoms with van der Waals surface area (Å²) in [6, 6.07) is 20.4. The summed E-state index contributed by atoms with van der Waals surface area (Å²) < 4.78 is 30.9. The average molecular weight is 425 g/mol. The predicted molar refractivity (Wildman–Crippen MR) is 120 cm³/mol. The summed E-state index contributed by atoms with van der Waals surface area (Å²) in [6.45, 7) is 3.94. The van der Waals surface area contributed by atoms with Crippen LogP contribution in [0.25, 0.3) is 22.0 Å². The van der Waals surface area contributed by atoms with Crippen LogP contribution in [0.1, 0.15) is 11.1 Å². The Morgan fingerprint density at radius 2 is 1.45 bits per heavy atom. The molecule has 0 amide bonds. The average Bonchev–Trinajstić information content (AvgIpc) is 2.93. The molecule has 4 rings (SSSR count). The van der Waals surface area contributed by atoms with Gasteiger partial charge in [-0.25, -0.2) is 8.42 Å². The van der Waals surface area contributed by atoms with Gasteiger partial charge in [-0.2, -0.15) is 0 Å². The lowest BCUT2D eigenvalue weighted by atomic mass is 10.0. The highest BCUT2D eigenvalue weighted by Gasteiger charge is 2.22. The van der Waals surface area contributed by atoms with Gasteiger partial charge in [0.15, 0.2) is 0 Å². The van der Waals surface area contributed by atoms with E-state index in [4.69, 9.17) is 11.6 Å². The van der Waals surface area contributed by atoms with Gasteiger partial charge in [-0.15, -0.1) is 0 Å². The van der Waals surface area contributed by atoms with Crippen LogP contribution < -0.4 is 4.72 Å². The fourth-order valence-corrected chi connectivity index (χ4v) is 4.73. The molecule has 29 heavy (non-hydrogen) atoms. The number of aryl methyl sites for hydroxylation is 3. The molecule has 4 nitrogen and oxygen atoms in total. The molecule has 0 atom stereocenters. The van der Waals surface area contributed by atoms with Crippen molar-refractivity contribution in [2.45, 2.75) is 18.7 Å². The van der Waals surface area contributed by atoms with E-state index in [1.54, 1.807) is 30.3 Å². The summed E-state index contributed by atoms with van der Waals surface area (Å²) in [5.74, 6) is 0.506. The summed E-state index contributed by atoms with van der Waals surface area (Å²) in [5, 5.41) is 1.50. The van der Waals surface area contributed by atoms with Gasteiger partial charge in [0.05, 0.1) is 10.4 Å². The van der Waals surface area contributed by atoms with Gasteiger partial charge < -0.3 is 4.57 Å². The Kier molecular flexibility index (Phi) is 4.89. The predicted octanol–water partition coefficient (Wildman–Crippen LogP) is 5.92. The van der Waals surface area contributed by atoms with E-state index in [1.165, 1.54) is 0 Å². The number of halogens is 1. The van der Waals surface area contributed by atoms with E-state index < -0.39 is 10.0 Å². The molecule has 0 saturated heterocycles. The molecule has 0 saturated carbocycles. The number of fused-ring (bicyclic) bond motifs is 1. The number of aromatic nitrogens is 1. The topological polar surface area (TPSA) is 51.1 Å². The molecule has 3 aromatic carbocycles. The quantitative estimate of drug-likeness (QED) is 0.442. The van der Waals surface area contributed by atoms with Gasteiger partial charge in [0.1, 0.15) is 5.82 Å². The van der Waals surface area contributed by atoms with Crippen molar-refractivity contribution in [1.82, 2.24) is 4.57 Å². The molecule has 1 aromatic heterocycles. The van der Waals surface area contributed by atoms with Gasteiger partial charge in [-0.05, 0) is 49.7 Å². The van der Waals surface area contributed by atoms with Gasteiger partial charge in [-0.1, -0.05) is 59.1 Å². The first-order valence-corrected chi connectivity index (χ1v) is 11.1. The Morgan fingerprint density at radius 1 is 0.862 bits per heavy atom. The highest BCUT2D eigenvalue weighted by molar-refractivity contribution is 7.92. The van der Waals surface area contributed by atoms with Crippen molar-refractivity contribution in [2.75, 3.05) is 4.72 Å². The van der Waals surface area contributed by atoms with Crippen molar-refractivity contribution in [3.8, 4) is 11.1 Å². The van der Waals surface area contributed by atoms with Gasteiger partial charge >= 0.3 is 0 Å². The molecule has 0 bridgehead atoms. The number of sulfonamides is 1. The minimum atomic E-state index is -3.75. The third-order valence-electron chi connectivity index (χ3n) is 5.06. The number of benzene rings is 3. The monoisotopic (exact) mass is 424 g/mol. The van der Waals surface area contributed by atoms with Gasteiger partial charge in [0.25, 0.3) is 10.0 Å². The SMILES string of the molecule is Cc1ccc(-c2c(NS(=O)(=O)c3ccc(C)cc3)n(C)c3ccc(Cl)cc23)cc1. The molecule has 0 unspecified atom stereocenters. The zero-order chi connectivity index (χ0) is 20.8. The fourth-order valence-electron chi connectivity index (χ4n) is 3.45. The summed E-state index contributed by atoms with van der Waals surface area (Å²) in [4.78, 5) is 0.223. The third kappa shape index (κ3) is 3.63. The molecule has 0 aliphatic heterocycles. The Hall–Kier alpha value is -2.76. The van der Waals surface area contributed by atoms with Crippen LogP contribution in [0, 0.1) is 13.8 Å². The van der Waals surface area contributed by atoms with Crippen molar-refractivity contribution in [1.29, 1.82) is 0 Å². The molecule has 0 fully saturated rings. The molecule has 0 aliphatic rings. The maximum Gasteiger partial charge on any atom is 0.263 e. The van der Waals surface area contributed by atoms with Crippen LogP contribution in [0.3, 0.4) is 0 Å². The maximum absolute atomic E-state index is 13.1. The standard InChI is InChI=1S/C23H21ClN2O2S/c1-15-4-8-17(9-5-15)22-20-14-18(24)10-13-21(20)26(3)23(22)25-29(27,28)19-11-6-16(2)7-12-19/h4-14,25H,1-3H3. The molecular weight excluding hydrogens is 404 g/mol. The van der Waals surface area contributed by atoms with E-state index in [0.717, 1.165) is 33.2 Å². The zero-order valence-electron chi connectivity index (χ0n) is 16.4. The van der Waals surface area contributed by atoms with Gasteiger partial charge in [0.2, 0.25) is 0 Å². The second kappa shape index (κ2) is 7.25. The fraction of sp³-hybridized carbons (Fsp3) is 0.130. The number of rotatable bonds is 4. The molecule has 148 valence electrons. The van der Waals surface area contributed by atoms with Gasteiger partial charge in [-0.3, -0.25) is 4.72 Å². The van der Waals surface area contributed by atoms with E-state index in [2.05, 4.69) is 4.72 Å². The Labute approximate surface area is 175 Å². The van der Waals surface area contributed by atoms with Crippen LogP contribution in [0.2, 0.25) is 5.02 Å². The zero-order valence-corrected chi connectivity index (χ0v) is 18.0. The number of nitrogens with one attached hydrogen (secondary N) is 1. The van der Waals surface area contributed by atoms with Crippen LogP contribution in [-0.4, -0.2) is 13.0 Å². The highest BCUT2D eigenvalue weighted by Crippen LogP contribution is 2.40.